The minimum absolute atomic E-state index is 0.252. The van der Waals surface area contributed by atoms with Crippen molar-refractivity contribution >= 4 is 17.6 Å². The Hall–Kier alpha value is -2.49. The molecule has 1 aliphatic rings. The molecule has 0 aromatic heterocycles. The number of nitrogens with zero attached hydrogens (tertiary/aromatic N) is 2. The molecule has 1 aliphatic heterocycles. The predicted molar refractivity (Wildman–Crippen MR) is 95.7 cm³/mol. The molecule has 0 radical (unpaired) electrons. The van der Waals surface area contributed by atoms with Crippen LogP contribution in [0.1, 0.15) is 34.7 Å². The lowest BCUT2D eigenvalue weighted by Gasteiger charge is -2.26. The number of rotatable bonds is 3. The van der Waals surface area contributed by atoms with E-state index in [0.717, 1.165) is 17.7 Å². The van der Waals surface area contributed by atoms with E-state index < -0.39 is 0 Å². The molecule has 2 N–H and O–H groups in total. The second kappa shape index (κ2) is 5.95. The average Bonchev–Trinajstić information content (AvgIpc) is 2.83. The van der Waals surface area contributed by atoms with Gasteiger partial charge in [-0.3, -0.25) is 0 Å². The van der Waals surface area contributed by atoms with Crippen LogP contribution in [0.2, 0.25) is 0 Å². The van der Waals surface area contributed by atoms with Gasteiger partial charge in [0.1, 0.15) is 0 Å². The van der Waals surface area contributed by atoms with Gasteiger partial charge in [-0.1, -0.05) is 23.4 Å². The van der Waals surface area contributed by atoms with E-state index in [-0.39, 0.29) is 6.17 Å². The van der Waals surface area contributed by atoms with Crippen LogP contribution in [0.3, 0.4) is 0 Å². The van der Waals surface area contributed by atoms with Crippen LogP contribution in [0.4, 0.5) is 11.4 Å². The fourth-order valence-corrected chi connectivity index (χ4v) is 3.49. The van der Waals surface area contributed by atoms with Crippen LogP contribution in [-0.4, -0.2) is 17.6 Å². The maximum Gasteiger partial charge on any atom is 0.0965 e. The van der Waals surface area contributed by atoms with E-state index in [1.54, 1.807) is 0 Å². The molecule has 0 spiro atoms. The first kappa shape index (κ1) is 15.4. The van der Waals surface area contributed by atoms with Crippen molar-refractivity contribution in [2.24, 2.45) is 5.16 Å². The van der Waals surface area contributed by atoms with Crippen LogP contribution in [-0.2, 0) is 6.54 Å². The van der Waals surface area contributed by atoms with E-state index in [9.17, 15) is 0 Å². The van der Waals surface area contributed by atoms with E-state index in [2.05, 4.69) is 73.4 Å². The van der Waals surface area contributed by atoms with Crippen molar-refractivity contribution in [2.45, 2.75) is 40.4 Å². The number of hydrogen-bond acceptors (Lipinski definition) is 4. The summed E-state index contributed by atoms with van der Waals surface area (Å²) in [7, 11) is 0. The molecular weight excluding hydrogens is 286 g/mol. The molecule has 4 nitrogen and oxygen atoms in total. The van der Waals surface area contributed by atoms with Crippen LogP contribution < -0.4 is 10.2 Å². The Kier molecular flexibility index (Phi) is 3.99. The minimum atomic E-state index is 0.252. The Morgan fingerprint density at radius 1 is 1.22 bits per heavy atom. The smallest absolute Gasteiger partial charge is 0.0965 e. The number of para-hydroxylation sites is 2. The molecule has 0 saturated carbocycles. The lowest BCUT2D eigenvalue weighted by molar-refractivity contribution is 0.322. The Bertz CT molecular complexity index is 767. The normalized spacial score (nSPS) is 16.7. The van der Waals surface area contributed by atoms with Gasteiger partial charge in [0, 0.05) is 12.1 Å². The quantitative estimate of drug-likeness (QED) is 0.507. The molecule has 2 aromatic rings. The van der Waals surface area contributed by atoms with Gasteiger partial charge >= 0.3 is 0 Å². The Morgan fingerprint density at radius 3 is 2.70 bits per heavy atom. The molecule has 3 rings (SSSR count). The van der Waals surface area contributed by atoms with Crippen molar-refractivity contribution in [3.8, 4) is 0 Å². The summed E-state index contributed by atoms with van der Waals surface area (Å²) in [5, 5.41) is 15.7. The first-order valence-electron chi connectivity index (χ1n) is 7.92. The SMILES string of the molecule is Cc1cc(C)c(CN2c3ccccc3NC2C)c(C)c1/C=N/O. The molecule has 1 atom stereocenters. The molecule has 1 heterocycles. The van der Waals surface area contributed by atoms with Crippen molar-refractivity contribution in [3.05, 3.63) is 58.1 Å². The molecule has 120 valence electrons. The molecule has 0 bridgehead atoms. The highest BCUT2D eigenvalue weighted by atomic mass is 16.4. The minimum Gasteiger partial charge on any atom is -0.411 e. The van der Waals surface area contributed by atoms with Crippen LogP contribution in [0.15, 0.2) is 35.5 Å². The molecular formula is C19H23N3O. The fourth-order valence-electron chi connectivity index (χ4n) is 3.49. The lowest BCUT2D eigenvalue weighted by Crippen LogP contribution is -2.32. The van der Waals surface area contributed by atoms with Gasteiger partial charge in [-0.2, -0.15) is 0 Å². The maximum atomic E-state index is 8.93. The Labute approximate surface area is 137 Å². The van der Waals surface area contributed by atoms with E-state index >= 15 is 0 Å². The number of fused-ring (bicyclic) bond motifs is 1. The zero-order chi connectivity index (χ0) is 16.6. The highest BCUT2D eigenvalue weighted by Gasteiger charge is 2.26. The molecule has 4 heteroatoms. The predicted octanol–water partition coefficient (Wildman–Crippen LogP) is 4.20. The van der Waals surface area contributed by atoms with Gasteiger partial charge in [-0.15, -0.1) is 0 Å². The highest BCUT2D eigenvalue weighted by Crippen LogP contribution is 2.36. The number of nitrogens with one attached hydrogen (secondary N) is 1. The molecule has 2 aromatic carbocycles. The summed E-state index contributed by atoms with van der Waals surface area (Å²) in [5.74, 6) is 0. The number of oxime groups is 1. The van der Waals surface area contributed by atoms with Gasteiger partial charge in [-0.25, -0.2) is 0 Å². The van der Waals surface area contributed by atoms with E-state index in [1.165, 1.54) is 34.3 Å². The summed E-state index contributed by atoms with van der Waals surface area (Å²) < 4.78 is 0. The van der Waals surface area contributed by atoms with Crippen LogP contribution in [0.5, 0.6) is 0 Å². The Morgan fingerprint density at radius 2 is 1.96 bits per heavy atom. The number of benzene rings is 2. The summed E-state index contributed by atoms with van der Waals surface area (Å²) in [6.45, 7) is 9.31. The molecule has 0 amide bonds. The Balaban J connectivity index is 2.02. The van der Waals surface area contributed by atoms with Gasteiger partial charge in [0.25, 0.3) is 0 Å². The average molecular weight is 309 g/mol. The molecule has 0 saturated heterocycles. The maximum absolute atomic E-state index is 8.93. The molecule has 0 fully saturated rings. The van der Waals surface area contributed by atoms with Crippen LogP contribution >= 0.6 is 0 Å². The fraction of sp³-hybridized carbons (Fsp3) is 0.316. The summed E-state index contributed by atoms with van der Waals surface area (Å²) in [6.07, 6.45) is 1.79. The second-order valence-electron chi connectivity index (χ2n) is 6.24. The summed E-state index contributed by atoms with van der Waals surface area (Å²) in [5.41, 5.74) is 8.28. The topological polar surface area (TPSA) is 47.9 Å². The van der Waals surface area contributed by atoms with Gasteiger partial charge in [0.05, 0.1) is 23.8 Å². The second-order valence-corrected chi connectivity index (χ2v) is 6.24. The largest absolute Gasteiger partial charge is 0.411 e. The molecule has 23 heavy (non-hydrogen) atoms. The zero-order valence-electron chi connectivity index (χ0n) is 14.1. The number of aryl methyl sites for hydroxylation is 2. The van der Waals surface area contributed by atoms with E-state index in [1.807, 2.05) is 0 Å². The zero-order valence-corrected chi connectivity index (χ0v) is 14.1. The van der Waals surface area contributed by atoms with Crippen molar-refractivity contribution in [1.29, 1.82) is 0 Å². The monoisotopic (exact) mass is 309 g/mol. The number of anilines is 2. The number of hydrogen-bond donors (Lipinski definition) is 2. The standard InChI is InChI=1S/C19H23N3O/c1-12-9-13(2)17(14(3)16(12)10-20-23)11-22-15(4)21-18-7-5-6-8-19(18)22/h5-10,15,21,23H,11H2,1-4H3/b20-10+. The van der Waals surface area contributed by atoms with Gasteiger partial charge < -0.3 is 15.4 Å². The third-order valence-electron chi connectivity index (χ3n) is 4.75. The third kappa shape index (κ3) is 2.65. The van der Waals surface area contributed by atoms with E-state index in [4.69, 9.17) is 5.21 Å². The van der Waals surface area contributed by atoms with Gasteiger partial charge in [-0.05, 0) is 62.1 Å². The van der Waals surface area contributed by atoms with E-state index in [0.29, 0.717) is 0 Å². The third-order valence-corrected chi connectivity index (χ3v) is 4.75. The van der Waals surface area contributed by atoms with Crippen LogP contribution in [0.25, 0.3) is 0 Å². The summed E-state index contributed by atoms with van der Waals surface area (Å²) in [4.78, 5) is 2.37. The van der Waals surface area contributed by atoms with Crippen molar-refractivity contribution in [3.63, 3.8) is 0 Å². The van der Waals surface area contributed by atoms with Crippen molar-refractivity contribution < 1.29 is 5.21 Å². The van der Waals surface area contributed by atoms with Crippen LogP contribution in [0, 0.1) is 20.8 Å². The molecule has 1 unspecified atom stereocenters. The van der Waals surface area contributed by atoms with Crippen molar-refractivity contribution in [2.75, 3.05) is 10.2 Å². The van der Waals surface area contributed by atoms with Gasteiger partial charge in [0.2, 0.25) is 0 Å². The first-order valence-corrected chi connectivity index (χ1v) is 7.92. The van der Waals surface area contributed by atoms with Crippen molar-refractivity contribution in [1.82, 2.24) is 0 Å². The highest BCUT2D eigenvalue weighted by molar-refractivity contribution is 5.84. The first-order chi connectivity index (χ1) is 11.0. The summed E-state index contributed by atoms with van der Waals surface area (Å²) in [6, 6.07) is 10.6. The lowest BCUT2D eigenvalue weighted by atomic mass is 9.93. The molecule has 0 aliphatic carbocycles. The summed E-state index contributed by atoms with van der Waals surface area (Å²) >= 11 is 0. The van der Waals surface area contributed by atoms with Gasteiger partial charge in [0.15, 0.2) is 0 Å².